The first-order valence-corrected chi connectivity index (χ1v) is 12.3. The number of carbonyl (C=O) groups excluding carboxylic acids is 2. The molecule has 1 aliphatic heterocycles. The molecule has 4 aromatic carbocycles. The van der Waals surface area contributed by atoms with E-state index in [0.717, 1.165) is 37.6 Å². The van der Waals surface area contributed by atoms with Crippen molar-refractivity contribution in [3.05, 3.63) is 109 Å². The summed E-state index contributed by atoms with van der Waals surface area (Å²) in [6, 6.07) is 32.9. The van der Waals surface area contributed by atoms with E-state index < -0.39 is 12.2 Å². The fourth-order valence-electron chi connectivity index (χ4n) is 4.14. The van der Waals surface area contributed by atoms with Crippen LogP contribution in [0.15, 0.2) is 109 Å². The van der Waals surface area contributed by atoms with Crippen molar-refractivity contribution in [2.45, 2.75) is 0 Å². The van der Waals surface area contributed by atoms with Gasteiger partial charge in [-0.25, -0.2) is 9.59 Å². The van der Waals surface area contributed by atoms with E-state index >= 15 is 0 Å². The number of amides is 1. The van der Waals surface area contributed by atoms with Gasteiger partial charge in [-0.15, -0.1) is 0 Å². The first kappa shape index (κ1) is 24.7. The van der Waals surface area contributed by atoms with Crippen molar-refractivity contribution in [2.24, 2.45) is 0 Å². The number of hydrogen-bond acceptors (Lipinski definition) is 7. The SMILES string of the molecule is O=C(Nc1ccc(N2CCN(c3ccc(OC(=O)Oc4ccccc4)cc3)CC2)cc1)Oc1ccccc1. The lowest BCUT2D eigenvalue weighted by atomic mass is 10.2. The summed E-state index contributed by atoms with van der Waals surface area (Å²) in [5, 5.41) is 2.75. The minimum absolute atomic E-state index is 0.426. The van der Waals surface area contributed by atoms with Crippen LogP contribution in [0.25, 0.3) is 0 Å². The molecular formula is C30H27N3O5. The summed E-state index contributed by atoms with van der Waals surface area (Å²) in [6.45, 7) is 3.40. The third kappa shape index (κ3) is 6.61. The van der Waals surface area contributed by atoms with Gasteiger partial charge in [-0.3, -0.25) is 5.32 Å². The van der Waals surface area contributed by atoms with Crippen LogP contribution in [0.2, 0.25) is 0 Å². The molecule has 0 saturated carbocycles. The molecular weight excluding hydrogens is 482 g/mol. The lowest BCUT2D eigenvalue weighted by Gasteiger charge is -2.37. The monoisotopic (exact) mass is 509 g/mol. The van der Waals surface area contributed by atoms with Gasteiger partial charge in [0, 0.05) is 43.2 Å². The van der Waals surface area contributed by atoms with Crippen LogP contribution in [-0.2, 0) is 0 Å². The first-order chi connectivity index (χ1) is 18.6. The predicted octanol–water partition coefficient (Wildman–Crippen LogP) is 6.20. The largest absolute Gasteiger partial charge is 0.519 e. The Balaban J connectivity index is 1.08. The van der Waals surface area contributed by atoms with Crippen molar-refractivity contribution in [2.75, 3.05) is 41.3 Å². The quantitative estimate of drug-likeness (QED) is 0.245. The van der Waals surface area contributed by atoms with Gasteiger partial charge in [0.25, 0.3) is 0 Å². The fraction of sp³-hybridized carbons (Fsp3) is 0.133. The Bertz CT molecular complexity index is 1230. The smallest absolute Gasteiger partial charge is 0.410 e. The van der Waals surface area contributed by atoms with Crippen LogP contribution in [-0.4, -0.2) is 38.4 Å². The summed E-state index contributed by atoms with van der Waals surface area (Å²) in [7, 11) is 0. The molecule has 1 N–H and O–H groups in total. The number of carbonyl (C=O) groups is 2. The van der Waals surface area contributed by atoms with Gasteiger partial charge in [0.05, 0.1) is 0 Å². The average molecular weight is 510 g/mol. The standard InChI is InChI=1S/C30H27N3O5/c34-29(36-26-7-3-1-4-8-26)31-23-11-13-24(14-12-23)32-19-21-33(22-20-32)25-15-17-28(18-16-25)38-30(35)37-27-9-5-2-6-10-27/h1-18H,19-22H2,(H,31,34). The molecule has 0 atom stereocenters. The second-order valence-corrected chi connectivity index (χ2v) is 8.61. The fourth-order valence-corrected chi connectivity index (χ4v) is 4.14. The lowest BCUT2D eigenvalue weighted by molar-refractivity contribution is 0.152. The maximum Gasteiger partial charge on any atom is 0.519 e. The molecule has 0 spiro atoms. The van der Waals surface area contributed by atoms with Gasteiger partial charge >= 0.3 is 12.2 Å². The summed E-state index contributed by atoms with van der Waals surface area (Å²) < 4.78 is 15.7. The lowest BCUT2D eigenvalue weighted by Crippen LogP contribution is -2.46. The number of nitrogens with one attached hydrogen (secondary N) is 1. The van der Waals surface area contributed by atoms with Crippen LogP contribution in [0, 0.1) is 0 Å². The van der Waals surface area contributed by atoms with E-state index in [1.807, 2.05) is 60.7 Å². The highest BCUT2D eigenvalue weighted by Crippen LogP contribution is 2.24. The highest BCUT2D eigenvalue weighted by Gasteiger charge is 2.18. The van der Waals surface area contributed by atoms with E-state index in [9.17, 15) is 9.59 Å². The summed E-state index contributed by atoms with van der Waals surface area (Å²) in [4.78, 5) is 28.7. The zero-order chi connectivity index (χ0) is 26.2. The first-order valence-electron chi connectivity index (χ1n) is 12.3. The van der Waals surface area contributed by atoms with Gasteiger partial charge < -0.3 is 24.0 Å². The van der Waals surface area contributed by atoms with Crippen molar-refractivity contribution >= 4 is 29.3 Å². The normalized spacial score (nSPS) is 12.9. The number of anilines is 3. The molecule has 0 bridgehead atoms. The topological polar surface area (TPSA) is 80.3 Å². The number of para-hydroxylation sites is 2. The third-order valence-electron chi connectivity index (χ3n) is 6.06. The van der Waals surface area contributed by atoms with Crippen molar-refractivity contribution in [1.82, 2.24) is 0 Å². The number of nitrogens with zero attached hydrogens (tertiary/aromatic N) is 2. The maximum absolute atomic E-state index is 12.1. The van der Waals surface area contributed by atoms with E-state index in [0.29, 0.717) is 22.9 Å². The molecule has 0 unspecified atom stereocenters. The van der Waals surface area contributed by atoms with Gasteiger partial charge in [0.1, 0.15) is 17.2 Å². The summed E-state index contributed by atoms with van der Waals surface area (Å²) in [6.07, 6.45) is -1.30. The Morgan fingerprint density at radius 3 is 1.45 bits per heavy atom. The van der Waals surface area contributed by atoms with Crippen LogP contribution in [0.5, 0.6) is 17.2 Å². The van der Waals surface area contributed by atoms with Gasteiger partial charge in [-0.1, -0.05) is 36.4 Å². The number of rotatable bonds is 6. The molecule has 8 nitrogen and oxygen atoms in total. The zero-order valence-corrected chi connectivity index (χ0v) is 20.7. The summed E-state index contributed by atoms with van der Waals surface area (Å²) in [5.74, 6) is 1.35. The van der Waals surface area contributed by atoms with Crippen LogP contribution in [0.3, 0.4) is 0 Å². The Kier molecular flexibility index (Phi) is 7.69. The highest BCUT2D eigenvalue weighted by atomic mass is 16.7. The molecule has 1 fully saturated rings. The number of hydrogen-bond donors (Lipinski definition) is 1. The Morgan fingerprint density at radius 2 is 0.947 bits per heavy atom. The van der Waals surface area contributed by atoms with Gasteiger partial charge in [-0.05, 0) is 72.8 Å². The van der Waals surface area contributed by atoms with E-state index in [-0.39, 0.29) is 0 Å². The number of benzene rings is 4. The summed E-state index contributed by atoms with van der Waals surface area (Å²) in [5.41, 5.74) is 2.82. The van der Waals surface area contributed by atoms with Crippen LogP contribution in [0.1, 0.15) is 0 Å². The predicted molar refractivity (Wildman–Crippen MR) is 146 cm³/mol. The second kappa shape index (κ2) is 11.8. The number of ether oxygens (including phenoxy) is 3. The Hall–Kier alpha value is -4.98. The Morgan fingerprint density at radius 1 is 0.526 bits per heavy atom. The van der Waals surface area contributed by atoms with Crippen molar-refractivity contribution in [1.29, 1.82) is 0 Å². The van der Waals surface area contributed by atoms with Crippen LogP contribution in [0.4, 0.5) is 26.7 Å². The molecule has 4 aromatic rings. The minimum Gasteiger partial charge on any atom is -0.410 e. The van der Waals surface area contributed by atoms with Gasteiger partial charge in [0.15, 0.2) is 0 Å². The Labute approximate surface area is 221 Å². The molecule has 1 heterocycles. The number of piperazine rings is 1. The van der Waals surface area contributed by atoms with Crippen LogP contribution >= 0.6 is 0 Å². The summed E-state index contributed by atoms with van der Waals surface area (Å²) >= 11 is 0. The molecule has 0 radical (unpaired) electrons. The molecule has 38 heavy (non-hydrogen) atoms. The van der Waals surface area contributed by atoms with Crippen molar-refractivity contribution in [3.63, 3.8) is 0 Å². The molecule has 0 aliphatic carbocycles. The van der Waals surface area contributed by atoms with Crippen molar-refractivity contribution < 1.29 is 23.8 Å². The average Bonchev–Trinajstić information content (AvgIpc) is 2.95. The maximum atomic E-state index is 12.1. The minimum atomic E-state index is -0.771. The highest BCUT2D eigenvalue weighted by molar-refractivity contribution is 5.86. The van der Waals surface area contributed by atoms with Crippen molar-refractivity contribution in [3.8, 4) is 17.2 Å². The molecule has 1 aliphatic rings. The third-order valence-corrected chi connectivity index (χ3v) is 6.06. The molecule has 1 saturated heterocycles. The van der Waals surface area contributed by atoms with Gasteiger partial charge in [0.2, 0.25) is 0 Å². The van der Waals surface area contributed by atoms with E-state index in [1.54, 1.807) is 48.5 Å². The molecule has 8 heteroatoms. The van der Waals surface area contributed by atoms with Gasteiger partial charge in [-0.2, -0.15) is 0 Å². The molecule has 0 aromatic heterocycles. The molecule has 5 rings (SSSR count). The molecule has 1 amide bonds. The van der Waals surface area contributed by atoms with E-state index in [1.165, 1.54) is 0 Å². The van der Waals surface area contributed by atoms with E-state index in [2.05, 4.69) is 15.1 Å². The van der Waals surface area contributed by atoms with Crippen LogP contribution < -0.4 is 29.3 Å². The van der Waals surface area contributed by atoms with E-state index in [4.69, 9.17) is 14.2 Å². The second-order valence-electron chi connectivity index (χ2n) is 8.61. The zero-order valence-electron chi connectivity index (χ0n) is 20.7. The molecule has 192 valence electrons.